The van der Waals surface area contributed by atoms with E-state index in [1.807, 2.05) is 14.8 Å². The van der Waals surface area contributed by atoms with E-state index in [2.05, 4.69) is 11.7 Å². The summed E-state index contributed by atoms with van der Waals surface area (Å²) in [5.41, 5.74) is 0. The molecule has 0 rings (SSSR count). The first-order valence-electron chi connectivity index (χ1n) is 1.25. The molecule has 0 saturated carbocycles. The molecule has 0 atom stereocenters. The normalized spacial score (nSPS) is 3.25. The van der Waals surface area contributed by atoms with Crippen LogP contribution < -0.4 is 0 Å². The van der Waals surface area contributed by atoms with E-state index in [1.54, 1.807) is 0 Å². The Kier molecular flexibility index (Phi) is 2.38. The summed E-state index contributed by atoms with van der Waals surface area (Å²) in [6.07, 6.45) is 0. The zero-order valence-corrected chi connectivity index (χ0v) is 3.00. The van der Waals surface area contributed by atoms with Crippen molar-refractivity contribution in [2.75, 3.05) is 0 Å². The molecule has 0 aromatic heterocycles. The molecule has 0 aliphatic heterocycles. The second kappa shape index (κ2) is 2.62. The van der Waals surface area contributed by atoms with Crippen LogP contribution in [0, 0.1) is 11.7 Å². The zero-order chi connectivity index (χ0) is 3.41. The van der Waals surface area contributed by atoms with E-state index in [9.17, 15) is 0 Å². The molecule has 0 heterocycles. The molecule has 0 spiro atoms. The van der Waals surface area contributed by atoms with Gasteiger partial charge < -0.3 is 0 Å². The summed E-state index contributed by atoms with van der Waals surface area (Å²) in [6, 6.07) is 0. The molecule has 4 heavy (non-hydrogen) atoms. The Labute approximate surface area is 27.6 Å². The van der Waals surface area contributed by atoms with Gasteiger partial charge in [-0.3, -0.25) is 0 Å². The Hall–Kier alpha value is -0.375. The largest absolute Gasteiger partial charge is 0.195 e. The topological polar surface area (TPSA) is 0 Å². The molecule has 0 aliphatic rings. The van der Waals surface area contributed by atoms with Crippen LogP contribution in [0.3, 0.4) is 0 Å². The summed E-state index contributed by atoms with van der Waals surface area (Å²) in [5, 5.41) is 0. The fraction of sp³-hybridized carbons (Fsp3) is 0.333. The third-order valence-electron chi connectivity index (χ3n) is 0.250. The highest BCUT2D eigenvalue weighted by Gasteiger charge is 1.29. The zero-order valence-electron chi connectivity index (χ0n) is 3.00. The molecule has 0 aliphatic carbocycles. The van der Waals surface area contributed by atoms with Gasteiger partial charge in [0.25, 0.3) is 0 Å². The van der Waals surface area contributed by atoms with E-state index in [0.717, 1.165) is 0 Å². The van der Waals surface area contributed by atoms with Gasteiger partial charge in [0, 0.05) is 0 Å². The number of hydrogen-bond acceptors (Lipinski definition) is 0. The smallest absolute Gasteiger partial charge is 0.165 e. The second-order valence-corrected chi connectivity index (χ2v) is 0.500. The SMILES string of the molecule is BC#CC. The van der Waals surface area contributed by atoms with E-state index >= 15 is 0 Å². The van der Waals surface area contributed by atoms with Crippen LogP contribution in [0.1, 0.15) is 6.92 Å². The van der Waals surface area contributed by atoms with Crippen molar-refractivity contribution in [1.29, 1.82) is 0 Å². The van der Waals surface area contributed by atoms with Gasteiger partial charge >= 0.3 is 0 Å². The Morgan fingerprint density at radius 3 is 2.00 bits per heavy atom. The monoisotopic (exact) mass is 52.0 g/mol. The maximum atomic E-state index is 2.68. The van der Waals surface area contributed by atoms with Crippen LogP contribution in [0.5, 0.6) is 0 Å². The Morgan fingerprint density at radius 1 is 1.75 bits per heavy atom. The van der Waals surface area contributed by atoms with Crippen LogP contribution in [0.15, 0.2) is 0 Å². The molecule has 0 fully saturated rings. The average molecular weight is 51.9 g/mol. The summed E-state index contributed by atoms with van der Waals surface area (Å²) >= 11 is 0. The maximum Gasteiger partial charge on any atom is 0.195 e. The van der Waals surface area contributed by atoms with E-state index in [0.29, 0.717) is 0 Å². The lowest BCUT2D eigenvalue weighted by Gasteiger charge is -1.39. The molecular formula is C3H5B. The lowest BCUT2D eigenvalue weighted by atomic mass is 10.2. The minimum Gasteiger partial charge on any atom is -0.165 e. The number of hydrogen-bond donors (Lipinski definition) is 0. The minimum atomic E-state index is 1.82. The molecule has 0 unspecified atom stereocenters. The highest BCUT2D eigenvalue weighted by Crippen LogP contribution is 1.32. The molecule has 1 heteroatoms. The highest BCUT2D eigenvalue weighted by atomic mass is 13.2. The fourth-order valence-electron chi connectivity index (χ4n) is 0. The van der Waals surface area contributed by atoms with Gasteiger partial charge in [0.05, 0.1) is 0 Å². The lowest BCUT2D eigenvalue weighted by Crippen LogP contribution is -1.41. The molecular weight excluding hydrogens is 46.8 g/mol. The van der Waals surface area contributed by atoms with Crippen LogP contribution in [0.25, 0.3) is 0 Å². The summed E-state index contributed by atoms with van der Waals surface area (Å²) in [4.78, 5) is 0. The molecule has 0 amide bonds. The van der Waals surface area contributed by atoms with E-state index in [4.69, 9.17) is 0 Å². The van der Waals surface area contributed by atoms with Gasteiger partial charge in [-0.1, -0.05) is 0 Å². The van der Waals surface area contributed by atoms with Gasteiger partial charge in [-0.2, -0.15) is 5.82 Å². The van der Waals surface area contributed by atoms with Gasteiger partial charge in [-0.15, -0.1) is 5.92 Å². The van der Waals surface area contributed by atoms with Crippen LogP contribution >= 0.6 is 0 Å². The molecule has 0 N–H and O–H groups in total. The van der Waals surface area contributed by atoms with E-state index in [1.165, 1.54) is 0 Å². The van der Waals surface area contributed by atoms with Crippen molar-refractivity contribution in [1.82, 2.24) is 0 Å². The van der Waals surface area contributed by atoms with Crippen LogP contribution in [-0.2, 0) is 0 Å². The summed E-state index contributed by atoms with van der Waals surface area (Å²) in [6.45, 7) is 1.82. The van der Waals surface area contributed by atoms with Crippen molar-refractivity contribution >= 4 is 7.85 Å². The second-order valence-electron chi connectivity index (χ2n) is 0.500. The van der Waals surface area contributed by atoms with Crippen molar-refractivity contribution in [2.45, 2.75) is 6.92 Å². The molecule has 0 saturated heterocycles. The summed E-state index contributed by atoms with van der Waals surface area (Å²) < 4.78 is 0. The van der Waals surface area contributed by atoms with Crippen molar-refractivity contribution in [2.24, 2.45) is 0 Å². The molecule has 0 nitrogen and oxygen atoms in total. The standard InChI is InChI=1S/C3H5B/c1-2-3-4/h4H2,1H3. The van der Waals surface area contributed by atoms with Crippen LogP contribution in [0.2, 0.25) is 0 Å². The summed E-state index contributed by atoms with van der Waals surface area (Å²) in [7, 11) is 1.82. The van der Waals surface area contributed by atoms with Gasteiger partial charge in [0.15, 0.2) is 7.85 Å². The lowest BCUT2D eigenvalue weighted by molar-refractivity contribution is 1.93. The Bertz CT molecular complexity index is 40.0. The first kappa shape index (κ1) is 3.62. The number of rotatable bonds is 0. The van der Waals surface area contributed by atoms with Gasteiger partial charge in [-0.25, -0.2) is 0 Å². The quantitative estimate of drug-likeness (QED) is 0.260. The predicted molar refractivity (Wildman–Crippen MR) is 22.0 cm³/mol. The average Bonchev–Trinajstić information content (AvgIpc) is 1.37. The van der Waals surface area contributed by atoms with Crippen LogP contribution in [0.4, 0.5) is 0 Å². The maximum absolute atomic E-state index is 2.68. The first-order chi connectivity index (χ1) is 1.91. The fourth-order valence-corrected chi connectivity index (χ4v) is 0. The molecule has 0 aromatic rings. The van der Waals surface area contributed by atoms with Crippen molar-refractivity contribution < 1.29 is 0 Å². The first-order valence-corrected chi connectivity index (χ1v) is 1.25. The Balaban J connectivity index is 2.83. The van der Waals surface area contributed by atoms with E-state index in [-0.39, 0.29) is 0 Å². The van der Waals surface area contributed by atoms with Crippen LogP contribution in [-0.4, -0.2) is 7.85 Å². The van der Waals surface area contributed by atoms with E-state index < -0.39 is 0 Å². The third-order valence-corrected chi connectivity index (χ3v) is 0.250. The Morgan fingerprint density at radius 2 is 2.00 bits per heavy atom. The van der Waals surface area contributed by atoms with Gasteiger partial charge in [0.1, 0.15) is 0 Å². The minimum absolute atomic E-state index is 1.82. The van der Waals surface area contributed by atoms with Crippen molar-refractivity contribution in [3.63, 3.8) is 0 Å². The van der Waals surface area contributed by atoms with Gasteiger partial charge in [-0.05, 0) is 6.92 Å². The molecule has 0 aromatic carbocycles. The third kappa shape index (κ3) is 1.62. The predicted octanol–water partition coefficient (Wildman–Crippen LogP) is -0.400. The van der Waals surface area contributed by atoms with Crippen molar-refractivity contribution in [3.8, 4) is 11.7 Å². The molecule has 0 radical (unpaired) electrons. The van der Waals surface area contributed by atoms with Crippen molar-refractivity contribution in [3.05, 3.63) is 0 Å². The highest BCUT2D eigenvalue weighted by molar-refractivity contribution is 6.22. The summed E-state index contributed by atoms with van der Waals surface area (Å²) in [5.74, 6) is 5.36. The molecule has 0 bridgehead atoms. The van der Waals surface area contributed by atoms with Gasteiger partial charge in [0.2, 0.25) is 0 Å². The molecule has 20 valence electrons.